The quantitative estimate of drug-likeness (QED) is 0.240. The van der Waals surface area contributed by atoms with Crippen LogP contribution in [0.15, 0.2) is 59.4 Å². The van der Waals surface area contributed by atoms with E-state index in [0.717, 1.165) is 22.1 Å². The number of amides is 1. The summed E-state index contributed by atoms with van der Waals surface area (Å²) in [6.07, 6.45) is 5.81. The van der Waals surface area contributed by atoms with Crippen LogP contribution in [0.25, 0.3) is 10.9 Å². The number of ether oxygens (including phenoxy) is 2. The van der Waals surface area contributed by atoms with Gasteiger partial charge < -0.3 is 25.0 Å². The summed E-state index contributed by atoms with van der Waals surface area (Å²) in [5, 5.41) is 6.91. The predicted molar refractivity (Wildman–Crippen MR) is 145 cm³/mol. The molecule has 0 aliphatic rings. The molecule has 0 aliphatic heterocycles. The van der Waals surface area contributed by atoms with Gasteiger partial charge in [0.1, 0.15) is 17.9 Å². The third-order valence-corrected chi connectivity index (χ3v) is 5.71. The molecule has 3 aromatic rings. The molecule has 0 saturated carbocycles. The molecule has 9 nitrogen and oxygen atoms in total. The second-order valence-corrected chi connectivity index (χ2v) is 8.91. The second-order valence-electron chi connectivity index (χ2n) is 7.99. The van der Waals surface area contributed by atoms with Crippen LogP contribution in [0, 0.1) is 0 Å². The molecule has 0 spiro atoms. The summed E-state index contributed by atoms with van der Waals surface area (Å²) in [7, 11) is 3.47. The lowest BCUT2D eigenvalue weighted by Crippen LogP contribution is -2.21. The van der Waals surface area contributed by atoms with Crippen molar-refractivity contribution in [3.05, 3.63) is 59.4 Å². The van der Waals surface area contributed by atoms with Crippen molar-refractivity contribution in [3.63, 3.8) is 0 Å². The van der Waals surface area contributed by atoms with Gasteiger partial charge in [0.2, 0.25) is 5.91 Å². The van der Waals surface area contributed by atoms with Gasteiger partial charge in [0.25, 0.3) is 0 Å². The number of aromatic nitrogens is 2. The smallest absolute Gasteiger partial charge is 0.305 e. The molecule has 2 aromatic carbocycles. The second kappa shape index (κ2) is 13.6. The van der Waals surface area contributed by atoms with E-state index in [-0.39, 0.29) is 11.9 Å². The number of nitrogens with one attached hydrogen (secondary N) is 2. The average molecular weight is 556 g/mol. The minimum atomic E-state index is -0.286. The molecule has 0 aliphatic carbocycles. The molecule has 36 heavy (non-hydrogen) atoms. The van der Waals surface area contributed by atoms with Crippen molar-refractivity contribution >= 4 is 55.9 Å². The number of nitrogens with zero attached hydrogens (tertiary/aromatic N) is 3. The number of carbonyl (C=O) groups excluding carboxylic acids is 2. The molecule has 1 heterocycles. The third kappa shape index (κ3) is 8.03. The number of halogens is 1. The summed E-state index contributed by atoms with van der Waals surface area (Å²) < 4.78 is 11.4. The maximum atomic E-state index is 12.6. The van der Waals surface area contributed by atoms with Crippen molar-refractivity contribution < 1.29 is 19.1 Å². The lowest BCUT2D eigenvalue weighted by molar-refractivity contribution is -0.143. The number of methoxy groups -OCH3 is 1. The number of carbonyl (C=O) groups is 2. The topological polar surface area (TPSA) is 106 Å². The number of rotatable bonds is 12. The molecule has 0 saturated heterocycles. The van der Waals surface area contributed by atoms with Crippen LogP contribution >= 0.6 is 15.9 Å². The van der Waals surface area contributed by atoms with E-state index in [9.17, 15) is 9.59 Å². The Kier molecular flexibility index (Phi) is 10.2. The Morgan fingerprint density at radius 1 is 1.19 bits per heavy atom. The van der Waals surface area contributed by atoms with E-state index in [1.165, 1.54) is 12.4 Å². The number of likely N-dealkylation sites (N-methyl/N-ethyl adjacent to an activating group) is 1. The maximum Gasteiger partial charge on any atom is 0.305 e. The largest absolute Gasteiger partial charge is 0.494 e. The Bertz CT molecular complexity index is 1230. The van der Waals surface area contributed by atoms with Crippen LogP contribution in [0.1, 0.15) is 19.8 Å². The van der Waals surface area contributed by atoms with Crippen LogP contribution in [-0.2, 0) is 14.3 Å². The van der Waals surface area contributed by atoms with Crippen molar-refractivity contribution in [1.29, 1.82) is 0 Å². The molecule has 3 rings (SSSR count). The van der Waals surface area contributed by atoms with E-state index < -0.39 is 0 Å². The summed E-state index contributed by atoms with van der Waals surface area (Å²) in [5.74, 6) is 0.625. The van der Waals surface area contributed by atoms with E-state index in [0.29, 0.717) is 48.8 Å². The highest BCUT2D eigenvalue weighted by Crippen LogP contribution is 2.33. The zero-order valence-electron chi connectivity index (χ0n) is 20.6. The molecule has 0 fully saturated rings. The average Bonchev–Trinajstić information content (AvgIpc) is 2.84. The number of benzene rings is 2. The van der Waals surface area contributed by atoms with Crippen LogP contribution < -0.4 is 15.4 Å². The van der Waals surface area contributed by atoms with Gasteiger partial charge in [0, 0.05) is 40.7 Å². The highest BCUT2D eigenvalue weighted by atomic mass is 79.9. The normalized spacial score (nSPS) is 11.1. The van der Waals surface area contributed by atoms with Crippen molar-refractivity contribution in [1.82, 2.24) is 14.9 Å². The van der Waals surface area contributed by atoms with Gasteiger partial charge >= 0.3 is 5.97 Å². The first-order valence-corrected chi connectivity index (χ1v) is 12.4. The lowest BCUT2D eigenvalue weighted by Gasteiger charge is -2.14. The SMILES string of the molecule is CCOC(=O)CCCN(C)C/C=C/C(=O)Nc1cc2c(Nc3cccc(Br)c3)ncnc2cc1OC. The fraction of sp³-hybridized carbons (Fsp3) is 0.308. The summed E-state index contributed by atoms with van der Waals surface area (Å²) in [4.78, 5) is 34.8. The summed E-state index contributed by atoms with van der Waals surface area (Å²) in [6.45, 7) is 3.47. The fourth-order valence-electron chi connectivity index (χ4n) is 3.48. The molecule has 1 aromatic heterocycles. The zero-order chi connectivity index (χ0) is 25.9. The Morgan fingerprint density at radius 3 is 2.78 bits per heavy atom. The van der Waals surface area contributed by atoms with E-state index in [2.05, 4.69) is 36.5 Å². The Balaban J connectivity index is 1.66. The van der Waals surface area contributed by atoms with E-state index >= 15 is 0 Å². The van der Waals surface area contributed by atoms with E-state index in [1.807, 2.05) is 36.2 Å². The highest BCUT2D eigenvalue weighted by Gasteiger charge is 2.12. The number of anilines is 3. The fourth-order valence-corrected chi connectivity index (χ4v) is 3.88. The molecular weight excluding hydrogens is 526 g/mol. The Labute approximate surface area is 219 Å². The highest BCUT2D eigenvalue weighted by molar-refractivity contribution is 9.10. The monoisotopic (exact) mass is 555 g/mol. The van der Waals surface area contributed by atoms with Crippen molar-refractivity contribution in [2.75, 3.05) is 44.5 Å². The first-order valence-electron chi connectivity index (χ1n) is 11.6. The van der Waals surface area contributed by atoms with Gasteiger partial charge in [-0.3, -0.25) is 9.59 Å². The molecule has 190 valence electrons. The number of hydrogen-bond donors (Lipinski definition) is 2. The van der Waals surface area contributed by atoms with Crippen molar-refractivity contribution in [3.8, 4) is 5.75 Å². The molecule has 10 heteroatoms. The predicted octanol–water partition coefficient (Wildman–Crippen LogP) is 4.91. The van der Waals surface area contributed by atoms with Gasteiger partial charge in [-0.05, 0) is 51.2 Å². The minimum absolute atomic E-state index is 0.189. The van der Waals surface area contributed by atoms with E-state index in [4.69, 9.17) is 9.47 Å². The summed E-state index contributed by atoms with van der Waals surface area (Å²) in [6, 6.07) is 11.3. The molecular formula is C26H30BrN5O4. The van der Waals surface area contributed by atoms with Crippen molar-refractivity contribution in [2.24, 2.45) is 0 Å². The van der Waals surface area contributed by atoms with Gasteiger partial charge in [-0.15, -0.1) is 0 Å². The molecule has 0 bridgehead atoms. The molecule has 1 amide bonds. The lowest BCUT2D eigenvalue weighted by atomic mass is 10.2. The Morgan fingerprint density at radius 2 is 2.03 bits per heavy atom. The van der Waals surface area contributed by atoms with Crippen molar-refractivity contribution in [2.45, 2.75) is 19.8 Å². The molecule has 0 atom stereocenters. The van der Waals surface area contributed by atoms with Gasteiger partial charge in [-0.25, -0.2) is 9.97 Å². The van der Waals surface area contributed by atoms with Crippen LogP contribution in [0.4, 0.5) is 17.2 Å². The molecule has 0 unspecified atom stereocenters. The van der Waals surface area contributed by atoms with E-state index in [1.54, 1.807) is 32.2 Å². The number of fused-ring (bicyclic) bond motifs is 1. The van der Waals surface area contributed by atoms with Crippen LogP contribution in [0.3, 0.4) is 0 Å². The standard InChI is InChI=1S/C26H30BrN5O4/c1-4-36-25(34)11-7-13-32(2)12-6-10-24(33)31-22-15-20-21(16-23(22)35-3)28-17-29-26(20)30-19-9-5-8-18(27)14-19/h5-6,8-10,14-17H,4,7,11-13H2,1-3H3,(H,31,33)(H,28,29,30)/b10-6+. The number of esters is 1. The molecule has 0 radical (unpaired) electrons. The van der Waals surface area contributed by atoms with Gasteiger partial charge in [0.15, 0.2) is 0 Å². The summed E-state index contributed by atoms with van der Waals surface area (Å²) in [5.41, 5.74) is 2.05. The zero-order valence-corrected chi connectivity index (χ0v) is 22.2. The van der Waals surface area contributed by atoms with Crippen LogP contribution in [0.2, 0.25) is 0 Å². The summed E-state index contributed by atoms with van der Waals surface area (Å²) >= 11 is 3.47. The van der Waals surface area contributed by atoms with Gasteiger partial charge in [0.05, 0.1) is 24.9 Å². The van der Waals surface area contributed by atoms with Crippen LogP contribution in [0.5, 0.6) is 5.75 Å². The first-order chi connectivity index (χ1) is 17.4. The van der Waals surface area contributed by atoms with Crippen LogP contribution in [-0.4, -0.2) is 60.6 Å². The first kappa shape index (κ1) is 27.1. The third-order valence-electron chi connectivity index (χ3n) is 5.21. The molecule has 2 N–H and O–H groups in total. The van der Waals surface area contributed by atoms with Gasteiger partial charge in [-0.1, -0.05) is 28.1 Å². The Hall–Kier alpha value is -3.50. The van der Waals surface area contributed by atoms with Gasteiger partial charge in [-0.2, -0.15) is 0 Å². The minimum Gasteiger partial charge on any atom is -0.494 e. The number of hydrogen-bond acceptors (Lipinski definition) is 8. The maximum absolute atomic E-state index is 12.6.